The van der Waals surface area contributed by atoms with E-state index in [1.165, 1.54) is 0 Å². The van der Waals surface area contributed by atoms with Gasteiger partial charge in [0.1, 0.15) is 24.2 Å². The molecule has 3 rings (SSSR count). The number of benzene rings is 1. The molecule has 0 fully saturated rings. The Bertz CT molecular complexity index is 966. The van der Waals surface area contributed by atoms with Crippen LogP contribution in [0.3, 0.4) is 0 Å². The molecule has 0 saturated heterocycles. The molecular formula is C20H25N5O4. The summed E-state index contributed by atoms with van der Waals surface area (Å²) < 4.78 is 11.1. The molecule has 0 spiro atoms. The molecule has 3 aromatic rings. The summed E-state index contributed by atoms with van der Waals surface area (Å²) in [5.74, 6) is 1.92. The zero-order chi connectivity index (χ0) is 21.0. The van der Waals surface area contributed by atoms with E-state index in [1.54, 1.807) is 6.07 Å². The fourth-order valence-electron chi connectivity index (χ4n) is 2.90. The summed E-state index contributed by atoms with van der Waals surface area (Å²) in [6.07, 6.45) is -0.920. The maximum Gasteiger partial charge on any atom is 0.277 e. The number of hydrogen-bond donors (Lipinski definition) is 3. The number of nitrogens with zero attached hydrogens (tertiary/aromatic N) is 4. The first-order chi connectivity index (χ1) is 13.9. The number of rotatable bonds is 8. The average molecular weight is 399 g/mol. The number of aryl methyl sites for hydroxylation is 3. The lowest BCUT2D eigenvalue weighted by atomic mass is 10.1. The topological polar surface area (TPSA) is 126 Å². The van der Waals surface area contributed by atoms with Crippen molar-refractivity contribution in [2.24, 2.45) is 0 Å². The van der Waals surface area contributed by atoms with Gasteiger partial charge in [0, 0.05) is 17.8 Å². The lowest BCUT2D eigenvalue weighted by Gasteiger charge is -2.15. The fraction of sp³-hybridized carbons (Fsp3) is 0.400. The zero-order valence-corrected chi connectivity index (χ0v) is 16.9. The highest BCUT2D eigenvalue weighted by atomic mass is 16.5. The molecule has 0 unspecified atom stereocenters. The zero-order valence-electron chi connectivity index (χ0n) is 16.9. The van der Waals surface area contributed by atoms with E-state index >= 15 is 0 Å². The summed E-state index contributed by atoms with van der Waals surface area (Å²) in [6, 6.07) is 5.56. The number of aliphatic hydroxyl groups is 2. The van der Waals surface area contributed by atoms with Gasteiger partial charge in [-0.15, -0.1) is 0 Å². The highest BCUT2D eigenvalue weighted by Crippen LogP contribution is 2.30. The molecule has 0 aliphatic carbocycles. The van der Waals surface area contributed by atoms with E-state index in [1.807, 2.05) is 39.8 Å². The minimum Gasteiger partial charge on any atom is -0.490 e. The normalized spacial score (nSPS) is 12.1. The molecule has 154 valence electrons. The molecule has 1 aromatic carbocycles. The Morgan fingerprint density at radius 3 is 2.48 bits per heavy atom. The van der Waals surface area contributed by atoms with E-state index in [0.717, 1.165) is 22.4 Å². The van der Waals surface area contributed by atoms with Gasteiger partial charge in [-0.3, -0.25) is 0 Å². The smallest absolute Gasteiger partial charge is 0.277 e. The maximum absolute atomic E-state index is 9.50. The van der Waals surface area contributed by atoms with Crippen LogP contribution in [0, 0.1) is 20.8 Å². The van der Waals surface area contributed by atoms with Crippen molar-refractivity contribution in [3.8, 4) is 28.7 Å². The minimum absolute atomic E-state index is 0.0189. The van der Waals surface area contributed by atoms with Gasteiger partial charge in [0.15, 0.2) is 0 Å². The number of nitrogens with one attached hydrogen (secondary N) is 1. The number of hydrogen-bond acceptors (Lipinski definition) is 9. The van der Waals surface area contributed by atoms with E-state index in [-0.39, 0.29) is 13.2 Å². The molecule has 0 aliphatic heterocycles. The number of anilines is 1. The lowest BCUT2D eigenvalue weighted by molar-refractivity contribution is 0.0532. The third-order valence-electron chi connectivity index (χ3n) is 4.18. The quantitative estimate of drug-likeness (QED) is 0.523. The summed E-state index contributed by atoms with van der Waals surface area (Å²) in [5, 5.41) is 25.6. The van der Waals surface area contributed by atoms with Gasteiger partial charge in [0.25, 0.3) is 5.89 Å². The summed E-state index contributed by atoms with van der Waals surface area (Å²) in [7, 11) is 0. The van der Waals surface area contributed by atoms with Gasteiger partial charge >= 0.3 is 0 Å². The van der Waals surface area contributed by atoms with Crippen LogP contribution in [0.2, 0.25) is 0 Å². The van der Waals surface area contributed by atoms with Crippen LogP contribution in [-0.4, -0.2) is 56.2 Å². The van der Waals surface area contributed by atoms with Crippen molar-refractivity contribution in [1.82, 2.24) is 20.1 Å². The molecule has 0 amide bonds. The molecule has 29 heavy (non-hydrogen) atoms. The van der Waals surface area contributed by atoms with Crippen LogP contribution in [0.4, 0.5) is 5.95 Å². The second kappa shape index (κ2) is 8.97. The third kappa shape index (κ3) is 4.87. The second-order valence-electron chi connectivity index (χ2n) is 6.76. The average Bonchev–Trinajstić information content (AvgIpc) is 3.17. The van der Waals surface area contributed by atoms with Crippen LogP contribution in [0.15, 0.2) is 22.7 Å². The Hall–Kier alpha value is -3.04. The van der Waals surface area contributed by atoms with Crippen LogP contribution >= 0.6 is 0 Å². The van der Waals surface area contributed by atoms with E-state index < -0.39 is 6.10 Å². The summed E-state index contributed by atoms with van der Waals surface area (Å²) in [5.41, 5.74) is 3.86. The Balaban J connectivity index is 1.87. The third-order valence-corrected chi connectivity index (χ3v) is 4.18. The molecule has 9 heteroatoms. The highest BCUT2D eigenvalue weighted by Gasteiger charge is 2.16. The molecule has 2 aromatic heterocycles. The van der Waals surface area contributed by atoms with E-state index in [9.17, 15) is 5.11 Å². The Morgan fingerprint density at radius 2 is 1.83 bits per heavy atom. The van der Waals surface area contributed by atoms with Crippen LogP contribution in [0.25, 0.3) is 23.0 Å². The molecule has 2 heterocycles. The first-order valence-corrected chi connectivity index (χ1v) is 9.38. The van der Waals surface area contributed by atoms with Crippen molar-refractivity contribution in [1.29, 1.82) is 0 Å². The standard InChI is InChI=1S/C20H25N5O4/c1-5-21-20-22-13(4)8-16(23-20)19-24-18(25-29-19)14-6-11(2)17(12(3)7-14)28-10-15(27)9-26/h6-8,15,26-27H,5,9-10H2,1-4H3,(H,21,22,23)/t15-/m0/s1. The van der Waals surface area contributed by atoms with Crippen molar-refractivity contribution in [3.63, 3.8) is 0 Å². The Kier molecular flexibility index (Phi) is 6.40. The highest BCUT2D eigenvalue weighted by molar-refractivity contribution is 5.63. The molecule has 3 N–H and O–H groups in total. The molecule has 0 saturated carbocycles. The Morgan fingerprint density at radius 1 is 1.10 bits per heavy atom. The van der Waals surface area contributed by atoms with Crippen LogP contribution in [-0.2, 0) is 0 Å². The molecule has 1 atom stereocenters. The van der Waals surface area contributed by atoms with E-state index in [4.69, 9.17) is 14.4 Å². The molecule has 0 aliphatic rings. The van der Waals surface area contributed by atoms with Crippen molar-refractivity contribution in [2.45, 2.75) is 33.8 Å². The molecular weight excluding hydrogens is 374 g/mol. The molecule has 9 nitrogen and oxygen atoms in total. The van der Waals surface area contributed by atoms with Gasteiger partial charge in [0.05, 0.1) is 6.61 Å². The van der Waals surface area contributed by atoms with Crippen molar-refractivity contribution < 1.29 is 19.5 Å². The fourth-order valence-corrected chi connectivity index (χ4v) is 2.90. The van der Waals surface area contributed by atoms with Crippen LogP contribution in [0.1, 0.15) is 23.7 Å². The second-order valence-corrected chi connectivity index (χ2v) is 6.76. The predicted octanol–water partition coefficient (Wildman–Crippen LogP) is 2.28. The van der Waals surface area contributed by atoms with Crippen LogP contribution < -0.4 is 10.1 Å². The summed E-state index contributed by atoms with van der Waals surface area (Å²) in [4.78, 5) is 13.2. The first-order valence-electron chi connectivity index (χ1n) is 9.38. The number of aliphatic hydroxyl groups excluding tert-OH is 2. The van der Waals surface area contributed by atoms with Gasteiger partial charge in [-0.2, -0.15) is 4.98 Å². The first kappa shape index (κ1) is 20.7. The van der Waals surface area contributed by atoms with Crippen molar-refractivity contribution >= 4 is 5.95 Å². The number of aromatic nitrogens is 4. The van der Waals surface area contributed by atoms with Gasteiger partial charge in [-0.05, 0) is 57.0 Å². The van der Waals surface area contributed by atoms with Crippen molar-refractivity contribution in [3.05, 3.63) is 35.0 Å². The Labute approximate surface area is 168 Å². The van der Waals surface area contributed by atoms with Crippen LogP contribution in [0.5, 0.6) is 5.75 Å². The van der Waals surface area contributed by atoms with Gasteiger partial charge in [-0.25, -0.2) is 9.97 Å². The summed E-state index contributed by atoms with van der Waals surface area (Å²) >= 11 is 0. The minimum atomic E-state index is -0.920. The SMILES string of the molecule is CCNc1nc(C)cc(-c2nc(-c3cc(C)c(OC[C@@H](O)CO)c(C)c3)no2)n1. The monoisotopic (exact) mass is 399 g/mol. The van der Waals surface area contributed by atoms with E-state index in [0.29, 0.717) is 35.7 Å². The molecule has 0 radical (unpaired) electrons. The predicted molar refractivity (Wildman–Crippen MR) is 108 cm³/mol. The molecule has 0 bridgehead atoms. The van der Waals surface area contributed by atoms with Gasteiger partial charge in [-0.1, -0.05) is 5.16 Å². The van der Waals surface area contributed by atoms with Crippen molar-refractivity contribution in [2.75, 3.05) is 25.1 Å². The summed E-state index contributed by atoms with van der Waals surface area (Å²) in [6.45, 7) is 8.02. The largest absolute Gasteiger partial charge is 0.490 e. The number of ether oxygens (including phenoxy) is 1. The van der Waals surface area contributed by atoms with Gasteiger partial charge < -0.3 is 24.8 Å². The lowest BCUT2D eigenvalue weighted by Crippen LogP contribution is -2.21. The van der Waals surface area contributed by atoms with Gasteiger partial charge in [0.2, 0.25) is 11.8 Å². The van der Waals surface area contributed by atoms with E-state index in [2.05, 4.69) is 25.4 Å². The maximum atomic E-state index is 9.50.